The molecule has 5 N–H and O–H groups in total. The van der Waals surface area contributed by atoms with Crippen LogP contribution in [0.5, 0.6) is 11.5 Å². The van der Waals surface area contributed by atoms with Gasteiger partial charge in [0.2, 0.25) is 6.29 Å². The van der Waals surface area contributed by atoms with Crippen molar-refractivity contribution in [1.29, 1.82) is 0 Å². The van der Waals surface area contributed by atoms with E-state index in [4.69, 9.17) is 14.2 Å². The van der Waals surface area contributed by atoms with E-state index in [0.717, 1.165) is 0 Å². The van der Waals surface area contributed by atoms with Crippen molar-refractivity contribution in [3.63, 3.8) is 0 Å². The molecule has 0 aliphatic carbocycles. The Bertz CT molecular complexity index is 826. The van der Waals surface area contributed by atoms with Crippen LogP contribution < -0.4 is 4.74 Å². The second-order valence-corrected chi connectivity index (χ2v) is 6.55. The molecule has 0 saturated carbocycles. The van der Waals surface area contributed by atoms with E-state index >= 15 is 0 Å². The van der Waals surface area contributed by atoms with Crippen LogP contribution in [0.25, 0.3) is 0 Å². The van der Waals surface area contributed by atoms with Gasteiger partial charge in [-0.15, -0.1) is 0 Å². The quantitative estimate of drug-likeness (QED) is 0.416. The van der Waals surface area contributed by atoms with Crippen molar-refractivity contribution in [2.24, 2.45) is 0 Å². The first-order valence-corrected chi connectivity index (χ1v) is 8.92. The maximum absolute atomic E-state index is 12.1. The first-order chi connectivity index (χ1) is 13.9. The first kappa shape index (κ1) is 21.0. The number of esters is 1. The van der Waals surface area contributed by atoms with Gasteiger partial charge in [-0.1, -0.05) is 18.2 Å². The van der Waals surface area contributed by atoms with Crippen LogP contribution in [-0.4, -0.2) is 68.8 Å². The summed E-state index contributed by atoms with van der Waals surface area (Å²) in [6, 6.07) is 12.2. The van der Waals surface area contributed by atoms with Crippen molar-refractivity contribution >= 4 is 5.97 Å². The summed E-state index contributed by atoms with van der Waals surface area (Å²) in [6.45, 7) is -0.813. The van der Waals surface area contributed by atoms with Crippen molar-refractivity contribution in [3.05, 3.63) is 59.7 Å². The van der Waals surface area contributed by atoms with E-state index in [-0.39, 0.29) is 23.7 Å². The number of hydrogen-bond donors (Lipinski definition) is 5. The standard InChI is InChI=1S/C20H22O9/c21-9-12-8-13(6-7-14(12)22)28-20-18(25)17(24)16(23)15(29-20)10-27-19(26)11-4-2-1-3-5-11/h1-8,15-18,20-25H,9-10H2/t15-,16+,17+,18+,20-/m1/s1. The molecule has 9 nitrogen and oxygen atoms in total. The highest BCUT2D eigenvalue weighted by Crippen LogP contribution is 2.28. The maximum Gasteiger partial charge on any atom is 0.338 e. The highest BCUT2D eigenvalue weighted by molar-refractivity contribution is 5.89. The zero-order valence-electron chi connectivity index (χ0n) is 15.3. The zero-order chi connectivity index (χ0) is 21.0. The molecule has 2 aromatic carbocycles. The van der Waals surface area contributed by atoms with E-state index in [1.54, 1.807) is 30.3 Å². The van der Waals surface area contributed by atoms with Crippen molar-refractivity contribution in [3.8, 4) is 11.5 Å². The molecule has 5 atom stereocenters. The molecule has 0 radical (unpaired) electrons. The molecule has 29 heavy (non-hydrogen) atoms. The summed E-state index contributed by atoms with van der Waals surface area (Å²) in [7, 11) is 0. The lowest BCUT2D eigenvalue weighted by molar-refractivity contribution is -0.277. The van der Waals surface area contributed by atoms with E-state index in [1.807, 2.05) is 0 Å². The van der Waals surface area contributed by atoms with Gasteiger partial charge in [-0.2, -0.15) is 0 Å². The van der Waals surface area contributed by atoms with Crippen LogP contribution in [0.2, 0.25) is 0 Å². The molecule has 1 heterocycles. The summed E-state index contributed by atoms with van der Waals surface area (Å²) < 4.78 is 16.1. The van der Waals surface area contributed by atoms with E-state index in [2.05, 4.69) is 0 Å². The molecule has 156 valence electrons. The van der Waals surface area contributed by atoms with Crippen LogP contribution in [-0.2, 0) is 16.1 Å². The lowest BCUT2D eigenvalue weighted by Crippen LogP contribution is -2.60. The molecule has 9 heteroatoms. The number of carbonyl (C=O) groups excluding carboxylic acids is 1. The Morgan fingerprint density at radius 3 is 2.41 bits per heavy atom. The number of rotatable bonds is 6. The van der Waals surface area contributed by atoms with Crippen LogP contribution in [0.4, 0.5) is 0 Å². The molecule has 1 aliphatic heterocycles. The third-order valence-corrected chi connectivity index (χ3v) is 4.53. The molecule has 1 saturated heterocycles. The second-order valence-electron chi connectivity index (χ2n) is 6.55. The average Bonchev–Trinajstić information content (AvgIpc) is 2.74. The van der Waals surface area contributed by atoms with Gasteiger partial charge in [0.25, 0.3) is 0 Å². The number of aliphatic hydroxyl groups is 4. The SMILES string of the molecule is O=C(OC[C@H]1O[C@@H](Oc2ccc(O)c(CO)c2)[C@@H](O)[C@@H](O)[C@H]1O)c1ccccc1. The minimum atomic E-state index is -1.61. The van der Waals surface area contributed by atoms with Crippen LogP contribution in [0.15, 0.2) is 48.5 Å². The molecule has 1 aliphatic rings. The number of ether oxygens (including phenoxy) is 3. The van der Waals surface area contributed by atoms with Gasteiger partial charge in [-0.05, 0) is 30.3 Å². The third kappa shape index (κ3) is 4.84. The minimum Gasteiger partial charge on any atom is -0.508 e. The van der Waals surface area contributed by atoms with Crippen molar-refractivity contribution < 1.29 is 44.5 Å². The molecule has 1 fully saturated rings. The van der Waals surface area contributed by atoms with Gasteiger partial charge in [0.15, 0.2) is 0 Å². The summed E-state index contributed by atoms with van der Waals surface area (Å²) in [5.41, 5.74) is 0.508. The van der Waals surface area contributed by atoms with Gasteiger partial charge >= 0.3 is 5.97 Å². The average molecular weight is 406 g/mol. The number of aliphatic hydroxyl groups excluding tert-OH is 4. The summed E-state index contributed by atoms with van der Waals surface area (Å²) in [4.78, 5) is 12.1. The number of hydrogen-bond acceptors (Lipinski definition) is 9. The molecule has 2 aromatic rings. The van der Waals surface area contributed by atoms with Gasteiger partial charge in [0.1, 0.15) is 42.5 Å². The predicted octanol–water partition coefficient (Wildman–Crippen LogP) is -0.0721. The van der Waals surface area contributed by atoms with Crippen LogP contribution in [0.1, 0.15) is 15.9 Å². The Balaban J connectivity index is 1.67. The fourth-order valence-corrected chi connectivity index (χ4v) is 2.86. The normalized spacial score (nSPS) is 26.7. The van der Waals surface area contributed by atoms with E-state index < -0.39 is 43.3 Å². The highest BCUT2D eigenvalue weighted by Gasteiger charge is 2.45. The van der Waals surface area contributed by atoms with Crippen molar-refractivity contribution in [1.82, 2.24) is 0 Å². The second kappa shape index (κ2) is 9.21. The van der Waals surface area contributed by atoms with E-state index in [1.165, 1.54) is 18.2 Å². The first-order valence-electron chi connectivity index (χ1n) is 8.92. The lowest BCUT2D eigenvalue weighted by atomic mass is 9.99. The third-order valence-electron chi connectivity index (χ3n) is 4.53. The van der Waals surface area contributed by atoms with Gasteiger partial charge in [-0.25, -0.2) is 4.79 Å². The molecule has 0 aromatic heterocycles. The van der Waals surface area contributed by atoms with E-state index in [0.29, 0.717) is 5.56 Å². The van der Waals surface area contributed by atoms with Gasteiger partial charge in [-0.3, -0.25) is 0 Å². The fraction of sp³-hybridized carbons (Fsp3) is 0.350. The molecule has 0 amide bonds. The summed E-state index contributed by atoms with van der Waals surface area (Å²) in [6.07, 6.45) is -7.24. The lowest BCUT2D eigenvalue weighted by Gasteiger charge is -2.39. The summed E-state index contributed by atoms with van der Waals surface area (Å²) in [5.74, 6) is -0.615. The molecule has 0 unspecified atom stereocenters. The molecule has 0 bridgehead atoms. The Kier molecular flexibility index (Phi) is 6.68. The van der Waals surface area contributed by atoms with Crippen LogP contribution >= 0.6 is 0 Å². The number of aromatic hydroxyl groups is 1. The maximum atomic E-state index is 12.1. The van der Waals surface area contributed by atoms with Gasteiger partial charge < -0.3 is 39.7 Å². The largest absolute Gasteiger partial charge is 0.508 e. The Morgan fingerprint density at radius 1 is 1.00 bits per heavy atom. The summed E-state index contributed by atoms with van der Waals surface area (Å²) >= 11 is 0. The van der Waals surface area contributed by atoms with Gasteiger partial charge in [0.05, 0.1) is 12.2 Å². The summed E-state index contributed by atoms with van der Waals surface area (Å²) in [5, 5.41) is 49.2. The Labute approximate surface area is 166 Å². The Morgan fingerprint density at radius 2 is 1.72 bits per heavy atom. The molecular formula is C20H22O9. The molecule has 3 rings (SSSR count). The number of phenols is 1. The minimum absolute atomic E-state index is 0.133. The van der Waals surface area contributed by atoms with Crippen LogP contribution in [0, 0.1) is 0 Å². The highest BCUT2D eigenvalue weighted by atomic mass is 16.7. The predicted molar refractivity (Wildman–Crippen MR) is 98.1 cm³/mol. The monoisotopic (exact) mass is 406 g/mol. The number of benzene rings is 2. The van der Waals surface area contributed by atoms with Crippen molar-refractivity contribution in [2.75, 3.05) is 6.61 Å². The smallest absolute Gasteiger partial charge is 0.338 e. The fourth-order valence-electron chi connectivity index (χ4n) is 2.86. The zero-order valence-corrected chi connectivity index (χ0v) is 15.3. The molecular weight excluding hydrogens is 384 g/mol. The van der Waals surface area contributed by atoms with E-state index in [9.17, 15) is 30.3 Å². The van der Waals surface area contributed by atoms with Gasteiger partial charge in [0, 0.05) is 5.56 Å². The number of carbonyl (C=O) groups is 1. The Hall–Kier alpha value is -2.69. The molecule has 0 spiro atoms. The van der Waals surface area contributed by atoms with Crippen molar-refractivity contribution in [2.45, 2.75) is 37.3 Å². The van der Waals surface area contributed by atoms with Crippen LogP contribution in [0.3, 0.4) is 0 Å². The topological polar surface area (TPSA) is 146 Å².